The molecule has 0 aliphatic carbocycles. The number of rotatable bonds is 2. The van der Waals surface area contributed by atoms with Gasteiger partial charge in [0, 0.05) is 22.7 Å². The highest BCUT2D eigenvalue weighted by Crippen LogP contribution is 2.18. The van der Waals surface area contributed by atoms with Crippen LogP contribution in [0.15, 0.2) is 42.5 Å². The fraction of sp³-hybridized carbons (Fsp3) is 0.0714. The van der Waals surface area contributed by atoms with Crippen molar-refractivity contribution in [3.8, 4) is 0 Å². The lowest BCUT2D eigenvalue weighted by atomic mass is 10.1. The molecule has 2 nitrogen and oxygen atoms in total. The molecule has 0 N–H and O–H groups in total. The van der Waals surface area contributed by atoms with Gasteiger partial charge in [0.1, 0.15) is 5.82 Å². The van der Waals surface area contributed by atoms with Gasteiger partial charge in [-0.3, -0.25) is 0 Å². The van der Waals surface area contributed by atoms with Crippen LogP contribution in [0, 0.1) is 17.9 Å². The zero-order valence-electron chi connectivity index (χ0n) is 9.73. The first kappa shape index (κ1) is 12.6. The minimum absolute atomic E-state index is 0.245. The van der Waals surface area contributed by atoms with Gasteiger partial charge in [-0.15, -0.1) is 0 Å². The lowest BCUT2D eigenvalue weighted by Gasteiger charge is -2.05. The maximum Gasteiger partial charge on any atom is 0.219 e. The summed E-state index contributed by atoms with van der Waals surface area (Å²) < 4.78 is 13.6. The molecule has 4 heteroatoms. The van der Waals surface area contributed by atoms with E-state index in [1.54, 1.807) is 24.3 Å². The topological polar surface area (TPSA) is 26.1 Å². The largest absolute Gasteiger partial charge is 0.618 e. The Balaban J connectivity index is 2.42. The van der Waals surface area contributed by atoms with Crippen LogP contribution in [-0.4, -0.2) is 11.0 Å². The van der Waals surface area contributed by atoms with Gasteiger partial charge in [0.15, 0.2) is 6.21 Å². The van der Waals surface area contributed by atoms with E-state index < -0.39 is 5.82 Å². The van der Waals surface area contributed by atoms with Gasteiger partial charge >= 0.3 is 0 Å². The number of halogens is 2. The zero-order chi connectivity index (χ0) is 13.1. The van der Waals surface area contributed by atoms with Crippen LogP contribution in [-0.2, 0) is 0 Å². The molecule has 0 aromatic heterocycles. The summed E-state index contributed by atoms with van der Waals surface area (Å²) in [6.07, 6.45) is 1.38. The van der Waals surface area contributed by atoms with E-state index in [0.717, 1.165) is 5.56 Å². The molecule has 0 spiro atoms. The maximum absolute atomic E-state index is 13.0. The monoisotopic (exact) mass is 263 g/mol. The van der Waals surface area contributed by atoms with E-state index >= 15 is 0 Å². The first-order chi connectivity index (χ1) is 8.58. The SMILES string of the molecule is Cc1c(Cl)cccc1C=[N+]([O-])c1cccc(F)c1. The van der Waals surface area contributed by atoms with E-state index in [1.807, 2.05) is 6.92 Å². The molecular formula is C14H11ClFNO. The van der Waals surface area contributed by atoms with Gasteiger partial charge in [0.25, 0.3) is 0 Å². The smallest absolute Gasteiger partial charge is 0.219 e. The maximum atomic E-state index is 13.0. The Labute approximate surface area is 110 Å². The second kappa shape index (κ2) is 5.19. The van der Waals surface area contributed by atoms with Gasteiger partial charge in [-0.2, -0.15) is 4.74 Å². The standard InChI is InChI=1S/C14H11ClFNO/c1-10-11(4-2-7-14(10)15)9-17(18)13-6-3-5-12(16)8-13/h2-9H,1H3. The molecule has 0 heterocycles. The van der Waals surface area contributed by atoms with Crippen molar-refractivity contribution in [3.63, 3.8) is 0 Å². The van der Waals surface area contributed by atoms with Crippen LogP contribution in [0.4, 0.5) is 10.1 Å². The summed E-state index contributed by atoms with van der Waals surface area (Å²) in [4.78, 5) is 0. The van der Waals surface area contributed by atoms with Crippen molar-refractivity contribution < 1.29 is 9.13 Å². The van der Waals surface area contributed by atoms with Crippen LogP contribution < -0.4 is 0 Å². The van der Waals surface area contributed by atoms with Crippen molar-refractivity contribution in [2.45, 2.75) is 6.92 Å². The molecule has 18 heavy (non-hydrogen) atoms. The van der Waals surface area contributed by atoms with Crippen molar-refractivity contribution in [1.82, 2.24) is 0 Å². The van der Waals surface area contributed by atoms with Crippen LogP contribution in [0.25, 0.3) is 0 Å². The van der Waals surface area contributed by atoms with Crippen LogP contribution >= 0.6 is 11.6 Å². The van der Waals surface area contributed by atoms with Crippen molar-refractivity contribution in [1.29, 1.82) is 0 Å². The van der Waals surface area contributed by atoms with Gasteiger partial charge in [0.2, 0.25) is 5.69 Å². The van der Waals surface area contributed by atoms with Crippen molar-refractivity contribution in [3.05, 3.63) is 69.6 Å². The van der Waals surface area contributed by atoms with Gasteiger partial charge in [-0.05, 0) is 30.7 Å². The highest BCUT2D eigenvalue weighted by molar-refractivity contribution is 6.31. The summed E-state index contributed by atoms with van der Waals surface area (Å²) in [7, 11) is 0. The van der Waals surface area contributed by atoms with Gasteiger partial charge in [-0.25, -0.2) is 4.39 Å². The molecular weight excluding hydrogens is 253 g/mol. The van der Waals surface area contributed by atoms with Crippen LogP contribution in [0.2, 0.25) is 5.02 Å². The fourth-order valence-corrected chi connectivity index (χ4v) is 1.76. The third-order valence-corrected chi connectivity index (χ3v) is 3.04. The Hall–Kier alpha value is -1.87. The average molecular weight is 264 g/mol. The first-order valence-corrected chi connectivity index (χ1v) is 5.77. The average Bonchev–Trinajstić information content (AvgIpc) is 2.35. The Morgan fingerprint density at radius 1 is 1.22 bits per heavy atom. The zero-order valence-corrected chi connectivity index (χ0v) is 10.5. The lowest BCUT2D eigenvalue weighted by molar-refractivity contribution is -0.354. The Morgan fingerprint density at radius 3 is 2.67 bits per heavy atom. The fourth-order valence-electron chi connectivity index (χ4n) is 1.58. The minimum atomic E-state index is -0.440. The molecule has 0 radical (unpaired) electrons. The third kappa shape index (κ3) is 2.68. The normalized spacial score (nSPS) is 11.6. The second-order valence-corrected chi connectivity index (χ2v) is 4.30. The second-order valence-electron chi connectivity index (χ2n) is 3.89. The number of nitrogens with zero attached hydrogens (tertiary/aromatic N) is 1. The molecule has 0 fully saturated rings. The number of hydrogen-bond donors (Lipinski definition) is 0. The van der Waals surface area contributed by atoms with Crippen molar-refractivity contribution in [2.24, 2.45) is 0 Å². The summed E-state index contributed by atoms with van der Waals surface area (Å²) in [6, 6.07) is 10.8. The van der Waals surface area contributed by atoms with E-state index in [2.05, 4.69) is 0 Å². The summed E-state index contributed by atoms with van der Waals surface area (Å²) in [5.41, 5.74) is 1.77. The molecule has 0 saturated heterocycles. The highest BCUT2D eigenvalue weighted by atomic mass is 35.5. The Kier molecular flexibility index (Phi) is 3.63. The van der Waals surface area contributed by atoms with E-state index in [0.29, 0.717) is 15.3 Å². The summed E-state index contributed by atoms with van der Waals surface area (Å²) in [5, 5.41) is 12.5. The molecule has 0 unspecified atom stereocenters. The molecule has 0 amide bonds. The van der Waals surface area contributed by atoms with E-state index in [1.165, 1.54) is 24.4 Å². The summed E-state index contributed by atoms with van der Waals surface area (Å²) in [5.74, 6) is -0.440. The summed E-state index contributed by atoms with van der Waals surface area (Å²) >= 11 is 5.97. The van der Waals surface area contributed by atoms with E-state index in [-0.39, 0.29) is 5.69 Å². The van der Waals surface area contributed by atoms with Gasteiger partial charge < -0.3 is 5.21 Å². The predicted octanol–water partition coefficient (Wildman–Crippen LogP) is 4.05. The molecule has 2 rings (SSSR count). The van der Waals surface area contributed by atoms with E-state index in [9.17, 15) is 9.60 Å². The molecule has 0 aliphatic rings. The van der Waals surface area contributed by atoms with Crippen LogP contribution in [0.3, 0.4) is 0 Å². The first-order valence-electron chi connectivity index (χ1n) is 5.40. The van der Waals surface area contributed by atoms with E-state index in [4.69, 9.17) is 11.6 Å². The number of hydrogen-bond acceptors (Lipinski definition) is 1. The van der Waals surface area contributed by atoms with Crippen LogP contribution in [0.5, 0.6) is 0 Å². The molecule has 0 aliphatic heterocycles. The van der Waals surface area contributed by atoms with Crippen LogP contribution in [0.1, 0.15) is 11.1 Å². The molecule has 2 aromatic rings. The predicted molar refractivity (Wildman–Crippen MR) is 71.0 cm³/mol. The molecule has 0 saturated carbocycles. The Morgan fingerprint density at radius 2 is 1.94 bits per heavy atom. The molecule has 92 valence electrons. The van der Waals surface area contributed by atoms with Crippen molar-refractivity contribution in [2.75, 3.05) is 0 Å². The van der Waals surface area contributed by atoms with Crippen molar-refractivity contribution >= 4 is 23.5 Å². The summed E-state index contributed by atoms with van der Waals surface area (Å²) in [6.45, 7) is 1.83. The lowest BCUT2D eigenvalue weighted by Crippen LogP contribution is -2.01. The molecule has 2 aromatic carbocycles. The Bertz CT molecular complexity index is 610. The minimum Gasteiger partial charge on any atom is -0.618 e. The van der Waals surface area contributed by atoms with Gasteiger partial charge in [0.05, 0.1) is 0 Å². The highest BCUT2D eigenvalue weighted by Gasteiger charge is 2.06. The quantitative estimate of drug-likeness (QED) is 0.347. The molecule has 0 bridgehead atoms. The number of benzene rings is 2. The third-order valence-electron chi connectivity index (χ3n) is 2.63. The molecule has 0 atom stereocenters. The van der Waals surface area contributed by atoms with Gasteiger partial charge in [-0.1, -0.05) is 23.7 Å².